The van der Waals surface area contributed by atoms with Crippen molar-refractivity contribution in [3.63, 3.8) is 0 Å². The van der Waals surface area contributed by atoms with Crippen LogP contribution in [-0.2, 0) is 37.6 Å². The largest absolute Gasteiger partial charge is 1.00 e. The minimum atomic E-state index is -4.97. The molecule has 0 aliphatic heterocycles. The molecule has 0 saturated carbocycles. The summed E-state index contributed by atoms with van der Waals surface area (Å²) in [7, 11) is -9.43. The van der Waals surface area contributed by atoms with E-state index in [1.54, 1.807) is 0 Å². The van der Waals surface area contributed by atoms with E-state index in [2.05, 4.69) is 35.8 Å². The molecule has 16 nitrogen and oxygen atoms in total. The van der Waals surface area contributed by atoms with Gasteiger partial charge in [-0.05, 0) is 71.6 Å². The normalized spacial score (nSPS) is 11.7. The maximum absolute atomic E-state index is 12.3. The van der Waals surface area contributed by atoms with Gasteiger partial charge in [-0.25, -0.2) is 4.79 Å². The maximum atomic E-state index is 12.3. The van der Waals surface area contributed by atoms with Gasteiger partial charge < -0.3 is 20.8 Å². The van der Waals surface area contributed by atoms with Gasteiger partial charge in [0, 0.05) is 34.1 Å². The number of carboxylic acids is 1. The molecule has 6 N–H and O–H groups in total. The second-order valence-electron chi connectivity index (χ2n) is 9.01. The number of aromatic nitrogens is 3. The summed E-state index contributed by atoms with van der Waals surface area (Å²) < 4.78 is 66.6. The monoisotopic (exact) mass is 724 g/mol. The zero-order chi connectivity index (χ0) is 32.5. The molecule has 1 aromatic heterocycles. The number of hydrogen-bond donors (Lipinski definition) is 6. The fourth-order valence-corrected chi connectivity index (χ4v) is 5.37. The Morgan fingerprint density at radius 2 is 1.46 bits per heavy atom. The second-order valence-corrected chi connectivity index (χ2v) is 12.2. The van der Waals surface area contributed by atoms with Crippen molar-refractivity contribution in [3.05, 3.63) is 83.6 Å². The van der Waals surface area contributed by atoms with E-state index in [1.165, 1.54) is 60.7 Å². The summed E-state index contributed by atoms with van der Waals surface area (Å²) in [6.45, 7) is 0. The van der Waals surface area contributed by atoms with Crippen molar-refractivity contribution in [1.82, 2.24) is 15.0 Å². The molecule has 20 heteroatoms. The Bertz CT molecular complexity index is 2260. The van der Waals surface area contributed by atoms with Gasteiger partial charge >= 0.3 is 7.40 Å². The van der Waals surface area contributed by atoms with E-state index in [9.17, 15) is 40.9 Å². The number of rotatable bonds is 9. The predicted octanol–water partition coefficient (Wildman–Crippen LogP) is 5.59. The summed E-state index contributed by atoms with van der Waals surface area (Å²) in [4.78, 5) is 22.4. The van der Waals surface area contributed by atoms with Gasteiger partial charge in [0.15, 0.2) is 5.75 Å². The standard InChI is InChI=1S/C26H18ClN7O9S2.Cr/c27-24-30-25(28-14-4-3-5-16(12-14)44(38,39)40)32-26(31-24)29-15-8-9-17-13(10-15)11-20(45(41,42)43)21(22(17)35)34-33-19-7-2-1-6-18(19)23(36)37;/h1-12,35H,(H,36,37)(H,38,39,40)(H,41,42,43)(H2,28,29,30,31,32);/p+1. The van der Waals surface area contributed by atoms with Gasteiger partial charge in [0.05, 0.1) is 10.5 Å². The van der Waals surface area contributed by atoms with E-state index in [0.717, 1.165) is 12.1 Å². The van der Waals surface area contributed by atoms with Crippen LogP contribution in [0.1, 0.15) is 11.8 Å². The van der Waals surface area contributed by atoms with Crippen LogP contribution in [-0.4, -0.2) is 57.1 Å². The Labute approximate surface area is 277 Å². The summed E-state index contributed by atoms with van der Waals surface area (Å²) in [6, 6.07) is 16.0. The maximum Gasteiger partial charge on any atom is 1.00 e. The molecule has 0 saturated heterocycles. The van der Waals surface area contributed by atoms with Gasteiger partial charge in [0.2, 0.25) is 17.2 Å². The van der Waals surface area contributed by atoms with Crippen molar-refractivity contribution in [2.45, 2.75) is 9.79 Å². The number of nitrogens with zero attached hydrogens (tertiary/aromatic N) is 5. The molecule has 0 atom stereocenters. The molecule has 0 fully saturated rings. The molecule has 0 radical (unpaired) electrons. The molecule has 0 aliphatic carbocycles. The SMILES string of the molecule is O=C(O)c1ccccc1N=Nc1c(S(=O)(=O)O)cc2cc(Nc3nc(Cl)nc(Nc4cccc(S(=O)(=O)O)c4)n3)ccc2c1O.[Cr].[H+]. The topological polar surface area (TPSA) is 254 Å². The number of carbonyl (C=O) groups is 1. The fraction of sp³-hybridized carbons (Fsp3) is 0. The van der Waals surface area contributed by atoms with Crippen molar-refractivity contribution in [2.24, 2.45) is 10.2 Å². The van der Waals surface area contributed by atoms with Crippen LogP contribution < -0.4 is 10.6 Å². The number of azo groups is 1. The number of nitrogens with one attached hydrogen (secondary N) is 2. The Morgan fingerprint density at radius 1 is 0.804 bits per heavy atom. The Hall–Kier alpha value is -4.74. The molecule has 0 bridgehead atoms. The zero-order valence-corrected chi connectivity index (χ0v) is 26.3. The molecule has 236 valence electrons. The minimum absolute atomic E-state index is 0. The van der Waals surface area contributed by atoms with Crippen molar-refractivity contribution in [2.75, 3.05) is 10.6 Å². The van der Waals surface area contributed by atoms with Crippen LogP contribution in [0.3, 0.4) is 0 Å². The summed E-state index contributed by atoms with van der Waals surface area (Å²) in [5, 5.41) is 33.4. The summed E-state index contributed by atoms with van der Waals surface area (Å²) in [6.07, 6.45) is 0. The van der Waals surface area contributed by atoms with Crippen LogP contribution in [0.4, 0.5) is 34.6 Å². The van der Waals surface area contributed by atoms with Gasteiger partial charge in [0.25, 0.3) is 20.2 Å². The first-order valence-corrected chi connectivity index (χ1v) is 15.5. The van der Waals surface area contributed by atoms with E-state index in [1.807, 2.05) is 0 Å². The van der Waals surface area contributed by atoms with Gasteiger partial charge in [-0.3, -0.25) is 9.11 Å². The molecule has 0 unspecified atom stereocenters. The predicted molar refractivity (Wildman–Crippen MR) is 162 cm³/mol. The number of halogens is 1. The number of phenols is 1. The van der Waals surface area contributed by atoms with Crippen molar-refractivity contribution < 1.29 is 59.7 Å². The summed E-state index contributed by atoms with van der Waals surface area (Å²) in [5.74, 6) is -2.16. The number of anilines is 4. The number of fused-ring (bicyclic) bond motifs is 1. The van der Waals surface area contributed by atoms with Gasteiger partial charge in [0.1, 0.15) is 16.3 Å². The third-order valence-electron chi connectivity index (χ3n) is 5.97. The molecular formula is C26H19ClCrN7O9S2+. The number of carboxylic acid groups (broad SMARTS) is 1. The van der Waals surface area contributed by atoms with E-state index < -0.39 is 42.5 Å². The number of phenolic OH excluding ortho intramolecular Hbond substituents is 1. The van der Waals surface area contributed by atoms with E-state index in [4.69, 9.17) is 11.6 Å². The molecular weight excluding hydrogens is 706 g/mol. The van der Waals surface area contributed by atoms with Crippen LogP contribution in [0.5, 0.6) is 5.75 Å². The minimum Gasteiger partial charge on any atom is -0.505 e. The first kappa shape index (κ1) is 34.1. The first-order chi connectivity index (χ1) is 21.2. The van der Waals surface area contributed by atoms with Crippen LogP contribution in [0.25, 0.3) is 10.8 Å². The van der Waals surface area contributed by atoms with E-state index in [-0.39, 0.29) is 74.3 Å². The number of hydrogen-bond acceptors (Lipinski definition) is 13. The third-order valence-corrected chi connectivity index (χ3v) is 7.86. The van der Waals surface area contributed by atoms with Crippen LogP contribution >= 0.6 is 11.6 Å². The van der Waals surface area contributed by atoms with E-state index in [0.29, 0.717) is 0 Å². The zero-order valence-electron chi connectivity index (χ0n) is 23.6. The molecule has 0 aliphatic rings. The smallest absolute Gasteiger partial charge is 0.505 e. The van der Waals surface area contributed by atoms with Crippen molar-refractivity contribution in [3.8, 4) is 5.75 Å². The molecule has 0 spiro atoms. The summed E-state index contributed by atoms with van der Waals surface area (Å²) >= 11 is 6.03. The number of aromatic hydroxyl groups is 1. The molecule has 46 heavy (non-hydrogen) atoms. The van der Waals surface area contributed by atoms with Crippen molar-refractivity contribution >= 4 is 83.2 Å². The van der Waals surface area contributed by atoms with Crippen molar-refractivity contribution in [1.29, 1.82) is 0 Å². The third kappa shape index (κ3) is 7.72. The van der Waals surface area contributed by atoms with Crippen LogP contribution in [0, 0.1) is 0 Å². The number of benzene rings is 4. The quantitative estimate of drug-likeness (QED) is 0.0801. The van der Waals surface area contributed by atoms with Gasteiger partial charge in [-0.15, -0.1) is 10.2 Å². The van der Waals surface area contributed by atoms with Crippen LogP contribution in [0.15, 0.2) is 92.8 Å². The Balaban J connectivity index is 0.00000300. The average Bonchev–Trinajstić information content (AvgIpc) is 2.95. The van der Waals surface area contributed by atoms with Crippen LogP contribution in [0.2, 0.25) is 5.28 Å². The molecule has 5 aromatic rings. The Kier molecular flexibility index (Phi) is 9.89. The fourth-order valence-electron chi connectivity index (χ4n) is 4.02. The summed E-state index contributed by atoms with van der Waals surface area (Å²) in [5.41, 5.74) is -0.495. The molecule has 4 aromatic carbocycles. The van der Waals surface area contributed by atoms with E-state index >= 15 is 0 Å². The number of aromatic carboxylic acids is 1. The average molecular weight is 725 g/mol. The second kappa shape index (κ2) is 13.3. The Morgan fingerprint density at radius 3 is 2.09 bits per heavy atom. The molecule has 0 amide bonds. The van der Waals surface area contributed by atoms with Gasteiger partial charge in [-0.1, -0.05) is 18.2 Å². The molecule has 5 rings (SSSR count). The molecule has 1 heterocycles. The van der Waals surface area contributed by atoms with Gasteiger partial charge in [-0.2, -0.15) is 31.8 Å². The first-order valence-electron chi connectivity index (χ1n) is 12.2.